The van der Waals surface area contributed by atoms with Crippen molar-refractivity contribution in [3.63, 3.8) is 0 Å². The van der Waals surface area contributed by atoms with Crippen LogP contribution in [-0.4, -0.2) is 37.0 Å². The minimum Gasteiger partial charge on any atom is -0.343 e. The normalized spacial score (nSPS) is 28.7. The molecule has 3 heteroatoms. The fourth-order valence-corrected chi connectivity index (χ4v) is 3.83. The van der Waals surface area contributed by atoms with Gasteiger partial charge in [-0.15, -0.1) is 0 Å². The summed E-state index contributed by atoms with van der Waals surface area (Å²) in [7, 11) is 0. The summed E-state index contributed by atoms with van der Waals surface area (Å²) in [4.78, 5) is 13.4. The van der Waals surface area contributed by atoms with Gasteiger partial charge in [-0.25, -0.2) is 0 Å². The molecular weight excluding hydrogens is 212 g/mol. The van der Waals surface area contributed by atoms with Crippen LogP contribution in [0.4, 0.5) is 0 Å². The largest absolute Gasteiger partial charge is 0.343 e. The molecule has 17 heavy (non-hydrogen) atoms. The summed E-state index contributed by atoms with van der Waals surface area (Å²) in [5, 5.41) is 3.54. The number of nitrogens with one attached hydrogen (secondary N) is 1. The number of nitrogens with zero attached hydrogens (tertiary/aromatic N) is 1. The van der Waals surface area contributed by atoms with Gasteiger partial charge in [0, 0.05) is 20.0 Å². The Morgan fingerprint density at radius 3 is 2.47 bits per heavy atom. The van der Waals surface area contributed by atoms with Gasteiger partial charge in [-0.2, -0.15) is 0 Å². The molecule has 0 aromatic heterocycles. The van der Waals surface area contributed by atoms with Crippen LogP contribution < -0.4 is 5.32 Å². The van der Waals surface area contributed by atoms with Crippen LogP contribution in [0.25, 0.3) is 0 Å². The highest BCUT2D eigenvalue weighted by atomic mass is 16.2. The molecule has 1 atom stereocenters. The highest BCUT2D eigenvalue weighted by Crippen LogP contribution is 2.46. The lowest BCUT2D eigenvalue weighted by Crippen LogP contribution is -2.53. The molecule has 98 valence electrons. The van der Waals surface area contributed by atoms with Crippen LogP contribution in [0.15, 0.2) is 0 Å². The molecule has 1 unspecified atom stereocenters. The van der Waals surface area contributed by atoms with Gasteiger partial charge in [0.2, 0.25) is 5.91 Å². The predicted molar refractivity (Wildman–Crippen MR) is 69.7 cm³/mol. The Kier molecular flexibility index (Phi) is 3.76. The van der Waals surface area contributed by atoms with E-state index in [9.17, 15) is 4.79 Å². The highest BCUT2D eigenvalue weighted by Gasteiger charge is 2.44. The van der Waals surface area contributed by atoms with Crippen molar-refractivity contribution in [1.82, 2.24) is 10.2 Å². The Labute approximate surface area is 105 Å². The molecule has 1 N–H and O–H groups in total. The molecule has 1 amide bonds. The summed E-state index contributed by atoms with van der Waals surface area (Å²) < 4.78 is 0. The van der Waals surface area contributed by atoms with Gasteiger partial charge in [-0.05, 0) is 49.6 Å². The van der Waals surface area contributed by atoms with Crippen LogP contribution in [0.3, 0.4) is 0 Å². The SMILES string of the molecule is CC(=O)N1CCC2(CCNCC2C(C)C)CC1. The number of amides is 1. The summed E-state index contributed by atoms with van der Waals surface area (Å²) in [5.41, 5.74) is 0.505. The first kappa shape index (κ1) is 12.9. The standard InChI is InChI=1S/C14H26N2O/c1-11(2)13-10-15-7-4-14(13)5-8-16(9-6-14)12(3)17/h11,13,15H,4-10H2,1-3H3. The first-order valence-electron chi connectivity index (χ1n) is 7.01. The molecule has 2 rings (SSSR count). The van der Waals surface area contributed by atoms with E-state index in [2.05, 4.69) is 19.2 Å². The maximum absolute atomic E-state index is 11.4. The van der Waals surface area contributed by atoms with Gasteiger partial charge in [0.15, 0.2) is 0 Å². The zero-order valence-corrected chi connectivity index (χ0v) is 11.5. The molecule has 2 fully saturated rings. The van der Waals surface area contributed by atoms with Crippen LogP contribution in [0.5, 0.6) is 0 Å². The topological polar surface area (TPSA) is 32.3 Å². The fraction of sp³-hybridized carbons (Fsp3) is 0.929. The van der Waals surface area contributed by atoms with Crippen LogP contribution >= 0.6 is 0 Å². The average Bonchev–Trinajstić information content (AvgIpc) is 2.29. The molecule has 0 bridgehead atoms. The predicted octanol–water partition coefficient (Wildman–Crippen LogP) is 1.88. The first-order chi connectivity index (χ1) is 8.05. The number of likely N-dealkylation sites (tertiary alicyclic amines) is 1. The molecule has 3 nitrogen and oxygen atoms in total. The highest BCUT2D eigenvalue weighted by molar-refractivity contribution is 5.73. The Morgan fingerprint density at radius 1 is 1.29 bits per heavy atom. The Hall–Kier alpha value is -0.570. The zero-order chi connectivity index (χ0) is 12.5. The number of carbonyl (C=O) groups is 1. The number of piperidine rings is 2. The maximum atomic E-state index is 11.4. The van der Waals surface area contributed by atoms with Gasteiger partial charge in [0.05, 0.1) is 0 Å². The fourth-order valence-electron chi connectivity index (χ4n) is 3.83. The third-order valence-corrected chi connectivity index (χ3v) is 4.96. The lowest BCUT2D eigenvalue weighted by Gasteiger charge is -2.51. The summed E-state index contributed by atoms with van der Waals surface area (Å²) in [6.45, 7) is 10.6. The van der Waals surface area contributed by atoms with Gasteiger partial charge in [0.1, 0.15) is 0 Å². The third-order valence-electron chi connectivity index (χ3n) is 4.96. The quantitative estimate of drug-likeness (QED) is 0.756. The second-order valence-electron chi connectivity index (χ2n) is 6.17. The van der Waals surface area contributed by atoms with Gasteiger partial charge >= 0.3 is 0 Å². The molecule has 2 aliphatic heterocycles. The number of rotatable bonds is 1. The van der Waals surface area contributed by atoms with Crippen molar-refractivity contribution in [2.45, 2.75) is 40.0 Å². The second kappa shape index (κ2) is 4.97. The smallest absolute Gasteiger partial charge is 0.219 e. The molecule has 0 aliphatic carbocycles. The number of hydrogen-bond acceptors (Lipinski definition) is 2. The van der Waals surface area contributed by atoms with Crippen molar-refractivity contribution < 1.29 is 4.79 Å². The molecule has 1 spiro atoms. The van der Waals surface area contributed by atoms with Gasteiger partial charge in [-0.1, -0.05) is 13.8 Å². The van der Waals surface area contributed by atoms with Gasteiger partial charge < -0.3 is 10.2 Å². The van der Waals surface area contributed by atoms with E-state index in [1.54, 1.807) is 6.92 Å². The van der Waals surface area contributed by atoms with E-state index in [-0.39, 0.29) is 5.91 Å². The van der Waals surface area contributed by atoms with Crippen molar-refractivity contribution in [3.8, 4) is 0 Å². The lowest BCUT2D eigenvalue weighted by atomic mass is 9.61. The van der Waals surface area contributed by atoms with E-state index in [0.717, 1.165) is 38.0 Å². The minimum atomic E-state index is 0.245. The average molecular weight is 238 g/mol. The zero-order valence-electron chi connectivity index (χ0n) is 11.5. The summed E-state index contributed by atoms with van der Waals surface area (Å²) in [5.74, 6) is 1.77. The Morgan fingerprint density at radius 2 is 1.94 bits per heavy atom. The van der Waals surface area contributed by atoms with Crippen LogP contribution in [0, 0.1) is 17.3 Å². The van der Waals surface area contributed by atoms with Crippen LogP contribution in [0.1, 0.15) is 40.0 Å². The molecule has 2 aliphatic rings. The van der Waals surface area contributed by atoms with E-state index in [1.165, 1.54) is 19.3 Å². The molecule has 0 radical (unpaired) electrons. The summed E-state index contributed by atoms with van der Waals surface area (Å²) in [6, 6.07) is 0. The van der Waals surface area contributed by atoms with Crippen LogP contribution in [-0.2, 0) is 4.79 Å². The van der Waals surface area contributed by atoms with Crippen molar-refractivity contribution in [1.29, 1.82) is 0 Å². The van der Waals surface area contributed by atoms with E-state index >= 15 is 0 Å². The second-order valence-corrected chi connectivity index (χ2v) is 6.17. The van der Waals surface area contributed by atoms with E-state index in [1.807, 2.05) is 4.90 Å². The van der Waals surface area contributed by atoms with E-state index in [0.29, 0.717) is 5.41 Å². The van der Waals surface area contributed by atoms with Crippen molar-refractivity contribution in [3.05, 3.63) is 0 Å². The molecule has 0 aromatic rings. The van der Waals surface area contributed by atoms with Crippen molar-refractivity contribution in [2.75, 3.05) is 26.2 Å². The van der Waals surface area contributed by atoms with Gasteiger partial charge in [-0.3, -0.25) is 4.79 Å². The summed E-state index contributed by atoms with van der Waals surface area (Å²) in [6.07, 6.45) is 3.70. The Bertz CT molecular complexity index is 280. The van der Waals surface area contributed by atoms with Crippen molar-refractivity contribution >= 4 is 5.91 Å². The van der Waals surface area contributed by atoms with E-state index in [4.69, 9.17) is 0 Å². The molecule has 0 aromatic carbocycles. The first-order valence-corrected chi connectivity index (χ1v) is 7.01. The Balaban J connectivity index is 2.05. The number of carbonyl (C=O) groups excluding carboxylic acids is 1. The van der Waals surface area contributed by atoms with E-state index < -0.39 is 0 Å². The molecule has 2 saturated heterocycles. The molecule has 2 heterocycles. The lowest BCUT2D eigenvalue weighted by molar-refractivity contribution is -0.132. The molecule has 0 saturated carbocycles. The maximum Gasteiger partial charge on any atom is 0.219 e. The van der Waals surface area contributed by atoms with Crippen LogP contribution in [0.2, 0.25) is 0 Å². The number of hydrogen-bond donors (Lipinski definition) is 1. The molecular formula is C14H26N2O. The monoisotopic (exact) mass is 238 g/mol. The third kappa shape index (κ3) is 2.49. The van der Waals surface area contributed by atoms with Gasteiger partial charge in [0.25, 0.3) is 0 Å². The minimum absolute atomic E-state index is 0.245. The summed E-state index contributed by atoms with van der Waals surface area (Å²) >= 11 is 0. The van der Waals surface area contributed by atoms with Crippen molar-refractivity contribution in [2.24, 2.45) is 17.3 Å².